The van der Waals surface area contributed by atoms with Gasteiger partial charge in [-0.25, -0.2) is 4.79 Å². The lowest BCUT2D eigenvalue weighted by Crippen LogP contribution is -2.49. The zero-order valence-corrected chi connectivity index (χ0v) is 11.7. The fourth-order valence-corrected chi connectivity index (χ4v) is 3.08. The van der Waals surface area contributed by atoms with E-state index in [2.05, 4.69) is 32.6 Å². The standard InChI is InChI=1S/C13H16BrN3O.H/c14-10-1-2-12-9(7-10)8-17(13(18)16-12)11-3-5-15-6-4-11;/h1-2,7,11,15H,3-6,8H2,(H,16,18);. The second-order valence-corrected chi connectivity index (χ2v) is 5.76. The fourth-order valence-electron chi connectivity index (χ4n) is 2.67. The number of nitrogens with zero attached hydrogens (tertiary/aromatic N) is 1. The number of piperidine rings is 1. The highest BCUT2D eigenvalue weighted by Crippen LogP contribution is 2.28. The zero-order valence-electron chi connectivity index (χ0n) is 11.1. The third-order valence-electron chi connectivity index (χ3n) is 3.66. The van der Waals surface area contributed by atoms with Crippen molar-refractivity contribution >= 4 is 27.6 Å². The van der Waals surface area contributed by atoms with Crippen molar-refractivity contribution in [3.8, 4) is 0 Å². The van der Waals surface area contributed by atoms with Gasteiger partial charge in [0, 0.05) is 24.2 Å². The number of nitrogens with one attached hydrogen (secondary N) is 2. The minimum Gasteiger partial charge on any atom is -0.317 e. The van der Waals surface area contributed by atoms with E-state index in [9.17, 15) is 4.79 Å². The normalized spacial score (nSPS) is 20.5. The molecule has 4 nitrogen and oxygen atoms in total. The van der Waals surface area contributed by atoms with Crippen LogP contribution < -0.4 is 10.6 Å². The predicted molar refractivity (Wildman–Crippen MR) is 75.7 cm³/mol. The molecule has 0 aromatic heterocycles. The third-order valence-corrected chi connectivity index (χ3v) is 4.15. The first-order chi connectivity index (χ1) is 8.74. The van der Waals surface area contributed by atoms with Crippen LogP contribution in [0.3, 0.4) is 0 Å². The number of urea groups is 1. The summed E-state index contributed by atoms with van der Waals surface area (Å²) in [5.74, 6) is 0. The minimum absolute atomic E-state index is 0. The van der Waals surface area contributed by atoms with Gasteiger partial charge in [0.05, 0.1) is 0 Å². The molecule has 2 aliphatic heterocycles. The van der Waals surface area contributed by atoms with Crippen LogP contribution in [0.4, 0.5) is 10.5 Å². The molecule has 2 heterocycles. The number of carbonyl (C=O) groups is 1. The first-order valence-electron chi connectivity index (χ1n) is 6.31. The van der Waals surface area contributed by atoms with Gasteiger partial charge in [-0.2, -0.15) is 0 Å². The van der Waals surface area contributed by atoms with Crippen molar-refractivity contribution < 1.29 is 6.22 Å². The Labute approximate surface area is 116 Å². The van der Waals surface area contributed by atoms with Gasteiger partial charge in [0.1, 0.15) is 0 Å². The van der Waals surface area contributed by atoms with Gasteiger partial charge >= 0.3 is 6.03 Å². The lowest BCUT2D eigenvalue weighted by molar-refractivity contribution is 0.163. The molecule has 2 aliphatic rings. The van der Waals surface area contributed by atoms with Gasteiger partial charge in [0.2, 0.25) is 0 Å². The molecule has 2 N–H and O–H groups in total. The number of amides is 2. The second-order valence-electron chi connectivity index (χ2n) is 4.84. The van der Waals surface area contributed by atoms with Crippen LogP contribution in [0.25, 0.3) is 0 Å². The van der Waals surface area contributed by atoms with Crippen LogP contribution in [0.15, 0.2) is 22.7 Å². The lowest BCUT2D eigenvalue weighted by Gasteiger charge is -2.37. The van der Waals surface area contributed by atoms with E-state index < -0.39 is 0 Å². The third kappa shape index (κ3) is 2.24. The summed E-state index contributed by atoms with van der Waals surface area (Å²) in [5, 5.41) is 6.31. The largest absolute Gasteiger partial charge is 0.322 e. The Balaban J connectivity index is 0.00000133. The summed E-state index contributed by atoms with van der Waals surface area (Å²) in [6, 6.07) is 6.40. The van der Waals surface area contributed by atoms with Crippen molar-refractivity contribution in [2.75, 3.05) is 18.4 Å². The van der Waals surface area contributed by atoms with E-state index in [4.69, 9.17) is 0 Å². The van der Waals surface area contributed by atoms with Gasteiger partial charge in [0.15, 0.2) is 0 Å². The second kappa shape index (κ2) is 4.90. The Hall–Kier alpha value is -1.07. The molecular formula is C13H17BrN3O. The number of fused-ring (bicyclic) bond motifs is 1. The van der Waals surface area contributed by atoms with Crippen LogP contribution in [-0.4, -0.2) is 30.1 Å². The van der Waals surface area contributed by atoms with Crippen LogP contribution in [0.2, 0.25) is 0 Å². The van der Waals surface area contributed by atoms with Gasteiger partial charge in [0.25, 0.3) is 0 Å². The molecule has 1 aromatic carbocycles. The molecule has 0 bridgehead atoms. The number of rotatable bonds is 1. The number of anilines is 1. The molecule has 1 fully saturated rings. The van der Waals surface area contributed by atoms with E-state index in [0.717, 1.165) is 36.1 Å². The molecule has 0 aliphatic carbocycles. The fraction of sp³-hybridized carbons (Fsp3) is 0.462. The first kappa shape index (κ1) is 12.0. The topological polar surface area (TPSA) is 44.4 Å². The van der Waals surface area contributed by atoms with Gasteiger partial charge in [-0.15, -0.1) is 0 Å². The van der Waals surface area contributed by atoms with Crippen molar-refractivity contribution in [2.45, 2.75) is 25.4 Å². The Morgan fingerprint density at radius 3 is 2.89 bits per heavy atom. The average molecular weight is 311 g/mol. The van der Waals surface area contributed by atoms with Crippen molar-refractivity contribution in [1.29, 1.82) is 0 Å². The number of hydrogen-bond acceptors (Lipinski definition) is 2. The summed E-state index contributed by atoms with van der Waals surface area (Å²) in [7, 11) is 0. The lowest BCUT2D eigenvalue weighted by atomic mass is 10.0. The molecular weight excluding hydrogens is 294 g/mol. The summed E-state index contributed by atoms with van der Waals surface area (Å²) < 4.78 is 1.06. The van der Waals surface area contributed by atoms with E-state index in [1.807, 2.05) is 17.0 Å². The molecule has 0 spiro atoms. The highest BCUT2D eigenvalue weighted by atomic mass is 79.9. The quantitative estimate of drug-likeness (QED) is 0.837. The van der Waals surface area contributed by atoms with Crippen molar-refractivity contribution in [3.63, 3.8) is 0 Å². The molecule has 97 valence electrons. The molecule has 0 saturated carbocycles. The summed E-state index contributed by atoms with van der Waals surface area (Å²) in [5.41, 5.74) is 2.12. The minimum atomic E-state index is 0. The summed E-state index contributed by atoms with van der Waals surface area (Å²) in [6.45, 7) is 2.71. The van der Waals surface area contributed by atoms with Gasteiger partial charge in [-0.1, -0.05) is 15.9 Å². The Morgan fingerprint density at radius 1 is 1.33 bits per heavy atom. The van der Waals surface area contributed by atoms with Gasteiger partial charge in [-0.05, 0) is 49.7 Å². The Kier molecular flexibility index (Phi) is 3.26. The molecule has 0 atom stereocenters. The molecule has 1 saturated heterocycles. The Morgan fingerprint density at radius 2 is 2.11 bits per heavy atom. The summed E-state index contributed by atoms with van der Waals surface area (Å²) in [4.78, 5) is 14.1. The van der Waals surface area contributed by atoms with Crippen LogP contribution in [0.1, 0.15) is 19.8 Å². The SMILES string of the molecule is O=C1Nc2ccc(Br)cc2CN1C1CCNCC1.[H]. The van der Waals surface area contributed by atoms with Crippen LogP contribution in [0, 0.1) is 0 Å². The smallest absolute Gasteiger partial charge is 0.317 e. The van der Waals surface area contributed by atoms with E-state index in [-0.39, 0.29) is 7.46 Å². The molecule has 1 aromatic rings. The summed E-state index contributed by atoms with van der Waals surface area (Å²) >= 11 is 3.48. The average Bonchev–Trinajstić information content (AvgIpc) is 2.39. The van der Waals surface area contributed by atoms with Crippen LogP contribution in [0.5, 0.6) is 0 Å². The molecule has 1 radical (unpaired) electrons. The maximum atomic E-state index is 12.1. The van der Waals surface area contributed by atoms with E-state index in [1.54, 1.807) is 0 Å². The summed E-state index contributed by atoms with van der Waals surface area (Å²) in [6.07, 6.45) is 2.08. The van der Waals surface area contributed by atoms with Crippen molar-refractivity contribution in [3.05, 3.63) is 28.2 Å². The molecule has 0 unspecified atom stereocenters. The maximum Gasteiger partial charge on any atom is 0.322 e. The van der Waals surface area contributed by atoms with E-state index in [1.165, 1.54) is 5.56 Å². The van der Waals surface area contributed by atoms with Gasteiger partial charge in [-0.3, -0.25) is 0 Å². The number of carbonyl (C=O) groups excluding carboxylic acids is 1. The van der Waals surface area contributed by atoms with Crippen LogP contribution in [-0.2, 0) is 6.54 Å². The monoisotopic (exact) mass is 310 g/mol. The highest BCUT2D eigenvalue weighted by Gasteiger charge is 2.29. The molecule has 2 amide bonds. The number of halogens is 1. The molecule has 18 heavy (non-hydrogen) atoms. The molecule has 3 rings (SSSR count). The number of hydrogen-bond donors (Lipinski definition) is 2. The van der Waals surface area contributed by atoms with Gasteiger partial charge < -0.3 is 15.5 Å². The van der Waals surface area contributed by atoms with Crippen LogP contribution >= 0.6 is 15.9 Å². The first-order valence-corrected chi connectivity index (χ1v) is 7.10. The number of benzene rings is 1. The van der Waals surface area contributed by atoms with E-state index >= 15 is 0 Å². The Bertz CT molecular complexity index is 477. The predicted octanol–water partition coefficient (Wildman–Crippen LogP) is 2.66. The van der Waals surface area contributed by atoms with E-state index in [0.29, 0.717) is 12.6 Å². The maximum absolute atomic E-state index is 12.1. The van der Waals surface area contributed by atoms with Crippen molar-refractivity contribution in [2.24, 2.45) is 0 Å². The molecule has 5 heteroatoms. The highest BCUT2D eigenvalue weighted by molar-refractivity contribution is 9.10. The zero-order chi connectivity index (χ0) is 12.5. The van der Waals surface area contributed by atoms with Crippen molar-refractivity contribution in [1.82, 2.24) is 10.2 Å².